The highest BCUT2D eigenvalue weighted by Crippen LogP contribution is 2.68. The molecular formula is C10H24O2P+. The predicted octanol–water partition coefficient (Wildman–Crippen LogP) is 3.32. The number of hydrogen-bond acceptors (Lipinski definition) is 2. The maximum absolute atomic E-state index is 9.75. The van der Waals surface area contributed by atoms with E-state index in [-0.39, 0.29) is 11.0 Å². The van der Waals surface area contributed by atoms with Crippen molar-refractivity contribution in [1.82, 2.24) is 0 Å². The van der Waals surface area contributed by atoms with Crippen LogP contribution in [0.2, 0.25) is 0 Å². The fourth-order valence-electron chi connectivity index (χ4n) is 1.57. The van der Waals surface area contributed by atoms with Crippen LogP contribution in [0.15, 0.2) is 0 Å². The minimum Gasteiger partial charge on any atom is -0.220 e. The molecule has 1 atom stereocenters. The molecule has 2 nitrogen and oxygen atoms in total. The van der Waals surface area contributed by atoms with Crippen molar-refractivity contribution in [2.75, 3.05) is 12.8 Å². The van der Waals surface area contributed by atoms with Crippen LogP contribution in [0, 0.1) is 5.41 Å². The summed E-state index contributed by atoms with van der Waals surface area (Å²) in [5, 5.41) is 0. The van der Waals surface area contributed by atoms with Crippen LogP contribution in [0.4, 0.5) is 0 Å². The average molecular weight is 207 g/mol. The summed E-state index contributed by atoms with van der Waals surface area (Å²) in [6, 6.07) is 0. The van der Waals surface area contributed by atoms with Gasteiger partial charge in [-0.1, -0.05) is 27.7 Å². The summed E-state index contributed by atoms with van der Waals surface area (Å²) in [6.07, 6.45) is 0.812. The van der Waals surface area contributed by atoms with E-state index in [1.807, 2.05) is 20.5 Å². The first-order valence-electron chi connectivity index (χ1n) is 4.95. The lowest BCUT2D eigenvalue weighted by atomic mass is 9.79. The highest BCUT2D eigenvalue weighted by atomic mass is 31.2. The molecule has 13 heavy (non-hydrogen) atoms. The topological polar surface area (TPSA) is 29.5 Å². The van der Waals surface area contributed by atoms with Gasteiger partial charge in [-0.2, -0.15) is 0 Å². The Morgan fingerprint density at radius 3 is 1.62 bits per heavy atom. The third kappa shape index (κ3) is 2.90. The molecule has 80 valence electrons. The first-order chi connectivity index (χ1) is 5.66. The van der Waals surface area contributed by atoms with E-state index in [2.05, 4.69) is 27.7 Å². The monoisotopic (exact) mass is 207 g/mol. The third-order valence-electron chi connectivity index (χ3n) is 2.74. The molecule has 0 saturated carbocycles. The summed E-state index contributed by atoms with van der Waals surface area (Å²) >= 11 is 0. The molecule has 0 radical (unpaired) electrons. The lowest BCUT2D eigenvalue weighted by Crippen LogP contribution is -2.36. The summed E-state index contributed by atoms with van der Waals surface area (Å²) in [5.41, 5.74) is -0.0748. The molecule has 1 saturated heterocycles. The number of hydrogen-bond donors (Lipinski definition) is 1. The van der Waals surface area contributed by atoms with Crippen molar-refractivity contribution >= 4 is 7.72 Å². The molecule has 0 aliphatic carbocycles. The summed E-state index contributed by atoms with van der Waals surface area (Å²) < 4.78 is 5.62. The Labute approximate surface area is 83.2 Å². The van der Waals surface area contributed by atoms with Crippen LogP contribution in [-0.2, 0) is 4.52 Å². The van der Waals surface area contributed by atoms with Crippen molar-refractivity contribution in [2.24, 2.45) is 5.41 Å². The Morgan fingerprint density at radius 1 is 1.15 bits per heavy atom. The quantitative estimate of drug-likeness (QED) is 0.617. The second-order valence-electron chi connectivity index (χ2n) is 4.69. The van der Waals surface area contributed by atoms with E-state index in [0.717, 1.165) is 6.16 Å². The van der Waals surface area contributed by atoms with Gasteiger partial charge in [-0.25, -0.2) is 9.42 Å². The van der Waals surface area contributed by atoms with Gasteiger partial charge in [0.2, 0.25) is 0 Å². The van der Waals surface area contributed by atoms with E-state index in [4.69, 9.17) is 4.52 Å². The van der Waals surface area contributed by atoms with Gasteiger partial charge in [0.1, 0.15) is 18.4 Å². The average Bonchev–Trinajstić information content (AvgIpc) is 1.99. The van der Waals surface area contributed by atoms with Crippen LogP contribution in [-0.4, -0.2) is 23.3 Å². The Hall–Kier alpha value is 0.350. The summed E-state index contributed by atoms with van der Waals surface area (Å²) in [4.78, 5) is 9.75. The first-order valence-corrected chi connectivity index (χ1v) is 7.25. The molecule has 1 unspecified atom stereocenters. The Bertz CT molecular complexity index is 156. The van der Waals surface area contributed by atoms with Gasteiger partial charge in [0, 0.05) is 5.41 Å². The smallest absolute Gasteiger partial charge is 0.220 e. The molecule has 1 aliphatic heterocycles. The van der Waals surface area contributed by atoms with E-state index in [9.17, 15) is 4.89 Å². The highest BCUT2D eigenvalue weighted by Gasteiger charge is 2.59. The van der Waals surface area contributed by atoms with Crippen molar-refractivity contribution in [1.29, 1.82) is 0 Å². The van der Waals surface area contributed by atoms with Crippen molar-refractivity contribution in [2.45, 2.75) is 47.1 Å². The van der Waals surface area contributed by atoms with Crippen molar-refractivity contribution in [3.05, 3.63) is 0 Å². The number of rotatable bonds is 0. The van der Waals surface area contributed by atoms with Gasteiger partial charge >= 0.3 is 0 Å². The normalized spacial score (nSPS) is 35.1. The first kappa shape index (κ1) is 13.4. The second-order valence-corrected chi connectivity index (χ2v) is 7.30. The van der Waals surface area contributed by atoms with Gasteiger partial charge in [0.25, 0.3) is 7.72 Å². The van der Waals surface area contributed by atoms with Crippen LogP contribution in [0.5, 0.6) is 0 Å². The largest absolute Gasteiger partial charge is 0.270 e. The zero-order valence-corrected chi connectivity index (χ0v) is 10.9. The Kier molecular flexibility index (Phi) is 3.95. The molecule has 3 heteroatoms. The molecule has 0 aromatic rings. The standard InChI is InChI=1S/C8H18O2P.C2H6/c1-7(2)6-11(5,9)10-8(7,3)4;1-2/h9H,6H2,1-5H3;1-2H3/q+1;. The van der Waals surface area contributed by atoms with Crippen LogP contribution in [0.25, 0.3) is 0 Å². The lowest BCUT2D eigenvalue weighted by molar-refractivity contribution is 0.0370. The molecule has 1 fully saturated rings. The van der Waals surface area contributed by atoms with Crippen molar-refractivity contribution < 1.29 is 9.42 Å². The molecule has 1 N–H and O–H groups in total. The molecule has 0 bridgehead atoms. The fraction of sp³-hybridized carbons (Fsp3) is 1.00. The van der Waals surface area contributed by atoms with Gasteiger partial charge in [0.05, 0.1) is 0 Å². The SMILES string of the molecule is CC.CC1(C)C[P+](C)(O)OC1(C)C. The maximum atomic E-state index is 9.75. The van der Waals surface area contributed by atoms with Crippen molar-refractivity contribution in [3.8, 4) is 0 Å². The Balaban J connectivity index is 0.000000671. The molecular weight excluding hydrogens is 183 g/mol. The summed E-state index contributed by atoms with van der Waals surface area (Å²) in [7, 11) is -2.04. The van der Waals surface area contributed by atoms with Gasteiger partial charge in [-0.05, 0) is 13.8 Å². The van der Waals surface area contributed by atoms with E-state index in [0.29, 0.717) is 0 Å². The molecule has 1 heterocycles. The molecule has 0 aromatic carbocycles. The van der Waals surface area contributed by atoms with E-state index < -0.39 is 7.72 Å². The predicted molar refractivity (Wildman–Crippen MR) is 60.2 cm³/mol. The van der Waals surface area contributed by atoms with Crippen LogP contribution in [0.1, 0.15) is 41.5 Å². The van der Waals surface area contributed by atoms with Crippen LogP contribution >= 0.6 is 7.72 Å². The van der Waals surface area contributed by atoms with E-state index in [1.165, 1.54) is 0 Å². The molecule has 1 rings (SSSR count). The third-order valence-corrected chi connectivity index (χ3v) is 4.97. The minimum atomic E-state index is -2.04. The Morgan fingerprint density at radius 2 is 1.54 bits per heavy atom. The van der Waals surface area contributed by atoms with Crippen LogP contribution in [0.3, 0.4) is 0 Å². The van der Waals surface area contributed by atoms with Gasteiger partial charge in [-0.3, -0.25) is 0 Å². The highest BCUT2D eigenvalue weighted by molar-refractivity contribution is 7.65. The van der Waals surface area contributed by atoms with E-state index in [1.54, 1.807) is 0 Å². The van der Waals surface area contributed by atoms with Crippen molar-refractivity contribution in [3.63, 3.8) is 0 Å². The fourth-order valence-corrected chi connectivity index (χ4v) is 4.71. The second kappa shape index (κ2) is 3.84. The van der Waals surface area contributed by atoms with Gasteiger partial charge in [-0.15, -0.1) is 0 Å². The molecule has 0 aromatic heterocycles. The zero-order valence-electron chi connectivity index (χ0n) is 10.0. The molecule has 1 aliphatic rings. The van der Waals surface area contributed by atoms with Gasteiger partial charge in [0.15, 0.2) is 0 Å². The maximum Gasteiger partial charge on any atom is 0.270 e. The summed E-state index contributed by atoms with van der Waals surface area (Å²) in [5.74, 6) is 0. The minimum absolute atomic E-state index is 0.101. The van der Waals surface area contributed by atoms with E-state index >= 15 is 0 Å². The van der Waals surface area contributed by atoms with Gasteiger partial charge < -0.3 is 0 Å². The molecule has 0 spiro atoms. The van der Waals surface area contributed by atoms with Crippen LogP contribution < -0.4 is 0 Å². The zero-order chi connectivity index (χ0) is 10.9. The molecule has 0 amide bonds. The summed E-state index contributed by atoms with van der Waals surface area (Å²) in [6.45, 7) is 14.2. The lowest BCUT2D eigenvalue weighted by Gasteiger charge is -2.27.